The molecule has 0 saturated carbocycles. The Morgan fingerprint density at radius 2 is 1.91 bits per heavy atom. The van der Waals surface area contributed by atoms with E-state index in [2.05, 4.69) is 4.72 Å². The summed E-state index contributed by atoms with van der Waals surface area (Å²) in [5.41, 5.74) is 0.798. The third-order valence-corrected chi connectivity index (χ3v) is 6.89. The Morgan fingerprint density at radius 1 is 1.22 bits per heavy atom. The highest BCUT2D eigenvalue weighted by atomic mass is 32.2. The number of hydrogen-bond acceptors (Lipinski definition) is 6. The number of sulfonamides is 1. The van der Waals surface area contributed by atoms with E-state index in [0.29, 0.717) is 24.3 Å². The minimum Gasteiger partial charge on any atom is -0.493 e. The highest BCUT2D eigenvalue weighted by Gasteiger charge is 2.30. The third kappa shape index (κ3) is 5.08. The third-order valence-electron chi connectivity index (χ3n) is 3.69. The molecule has 2 rings (SSSR count). The van der Waals surface area contributed by atoms with Gasteiger partial charge in [-0.1, -0.05) is 6.07 Å². The van der Waals surface area contributed by atoms with Crippen LogP contribution < -0.4 is 14.2 Å². The summed E-state index contributed by atoms with van der Waals surface area (Å²) in [5.74, 6) is 0.919. The van der Waals surface area contributed by atoms with Crippen LogP contribution in [0.2, 0.25) is 0 Å². The fourth-order valence-corrected chi connectivity index (χ4v) is 5.60. The average Bonchev–Trinajstić information content (AvgIpc) is 2.83. The van der Waals surface area contributed by atoms with Gasteiger partial charge < -0.3 is 9.47 Å². The molecule has 1 aliphatic heterocycles. The number of methoxy groups -OCH3 is 2. The molecule has 0 bridgehead atoms. The molecular weight excluding hydrogens is 342 g/mol. The summed E-state index contributed by atoms with van der Waals surface area (Å²) in [5, 5.41) is 0. The molecule has 130 valence electrons. The molecule has 0 amide bonds. The van der Waals surface area contributed by atoms with Crippen LogP contribution in [0.5, 0.6) is 11.5 Å². The Morgan fingerprint density at radius 3 is 2.48 bits per heavy atom. The van der Waals surface area contributed by atoms with Gasteiger partial charge in [-0.25, -0.2) is 21.6 Å². The maximum absolute atomic E-state index is 12.1. The Balaban J connectivity index is 1.97. The molecule has 23 heavy (non-hydrogen) atoms. The van der Waals surface area contributed by atoms with E-state index >= 15 is 0 Å². The molecule has 0 aliphatic carbocycles. The van der Waals surface area contributed by atoms with Gasteiger partial charge in [-0.2, -0.15) is 0 Å². The van der Waals surface area contributed by atoms with Crippen molar-refractivity contribution in [3.05, 3.63) is 23.8 Å². The van der Waals surface area contributed by atoms with Gasteiger partial charge in [-0.05, 0) is 30.5 Å². The molecule has 1 aliphatic rings. The minimum absolute atomic E-state index is 0.0376. The van der Waals surface area contributed by atoms with Crippen molar-refractivity contribution in [2.24, 2.45) is 0 Å². The van der Waals surface area contributed by atoms with E-state index in [1.165, 1.54) is 14.2 Å². The van der Waals surface area contributed by atoms with E-state index in [9.17, 15) is 16.8 Å². The Hall–Kier alpha value is -1.32. The van der Waals surface area contributed by atoms with Crippen LogP contribution >= 0.6 is 0 Å². The number of aryl methyl sites for hydroxylation is 1. The van der Waals surface area contributed by atoms with Crippen molar-refractivity contribution < 1.29 is 26.3 Å². The molecule has 1 saturated heterocycles. The van der Waals surface area contributed by atoms with E-state index in [4.69, 9.17) is 9.47 Å². The summed E-state index contributed by atoms with van der Waals surface area (Å²) in [7, 11) is -3.60. The lowest BCUT2D eigenvalue weighted by atomic mass is 10.1. The van der Waals surface area contributed by atoms with Crippen molar-refractivity contribution in [3.8, 4) is 11.5 Å². The van der Waals surface area contributed by atoms with Crippen LogP contribution in [0, 0.1) is 0 Å². The van der Waals surface area contributed by atoms with Crippen LogP contribution in [0.1, 0.15) is 12.0 Å². The van der Waals surface area contributed by atoms with E-state index in [0.717, 1.165) is 5.56 Å². The maximum atomic E-state index is 12.1. The number of ether oxygens (including phenoxy) is 2. The standard InChI is InChI=1S/C14H21NO6S2/c1-20-13-4-3-11(9-14(13)21-2)5-8-23(18,19)15-12-6-7-22(16,17)10-12/h3-4,9,12,15H,5-8,10H2,1-2H3. The molecule has 9 heteroatoms. The van der Waals surface area contributed by atoms with Crippen LogP contribution in [0.3, 0.4) is 0 Å². The predicted molar refractivity (Wildman–Crippen MR) is 87.2 cm³/mol. The van der Waals surface area contributed by atoms with Crippen LogP contribution in [-0.4, -0.2) is 54.4 Å². The molecule has 1 heterocycles. The molecule has 1 N–H and O–H groups in total. The molecule has 0 radical (unpaired) electrons. The largest absolute Gasteiger partial charge is 0.493 e. The van der Waals surface area contributed by atoms with Gasteiger partial charge >= 0.3 is 0 Å². The predicted octanol–water partition coefficient (Wildman–Crippen LogP) is 0.353. The smallest absolute Gasteiger partial charge is 0.212 e. The molecule has 7 nitrogen and oxygen atoms in total. The lowest BCUT2D eigenvalue weighted by Gasteiger charge is -2.12. The molecule has 0 spiro atoms. The van der Waals surface area contributed by atoms with Gasteiger partial charge in [0.2, 0.25) is 10.0 Å². The van der Waals surface area contributed by atoms with Gasteiger partial charge in [0, 0.05) is 6.04 Å². The summed E-state index contributed by atoms with van der Waals surface area (Å²) in [6.07, 6.45) is 0.632. The lowest BCUT2D eigenvalue weighted by molar-refractivity contribution is 0.354. The second kappa shape index (κ2) is 7.06. The molecule has 1 atom stereocenters. The monoisotopic (exact) mass is 363 g/mol. The summed E-state index contributed by atoms with van der Waals surface area (Å²) in [4.78, 5) is 0. The van der Waals surface area contributed by atoms with Crippen molar-refractivity contribution in [1.82, 2.24) is 4.72 Å². The zero-order valence-electron chi connectivity index (χ0n) is 13.1. The van der Waals surface area contributed by atoms with Crippen LogP contribution in [0.15, 0.2) is 18.2 Å². The van der Waals surface area contributed by atoms with Crippen LogP contribution in [0.25, 0.3) is 0 Å². The summed E-state index contributed by atoms with van der Waals surface area (Å²) < 4.78 is 59.7. The zero-order valence-corrected chi connectivity index (χ0v) is 14.7. The average molecular weight is 363 g/mol. The van der Waals surface area contributed by atoms with Crippen molar-refractivity contribution in [3.63, 3.8) is 0 Å². The number of nitrogens with one attached hydrogen (secondary N) is 1. The first-order valence-electron chi connectivity index (χ1n) is 7.16. The number of rotatable bonds is 7. The molecule has 0 aromatic heterocycles. The SMILES string of the molecule is COc1ccc(CCS(=O)(=O)NC2CCS(=O)(=O)C2)cc1OC. The second-order valence-electron chi connectivity index (χ2n) is 5.48. The van der Waals surface area contributed by atoms with Gasteiger partial charge in [-0.15, -0.1) is 0 Å². The Kier molecular flexibility index (Phi) is 5.53. The normalized spacial score (nSPS) is 20.3. The lowest BCUT2D eigenvalue weighted by Crippen LogP contribution is -2.37. The molecule has 1 aromatic carbocycles. The summed E-state index contributed by atoms with van der Waals surface area (Å²) in [6, 6.07) is 4.71. The van der Waals surface area contributed by atoms with Gasteiger partial charge in [0.1, 0.15) is 0 Å². The van der Waals surface area contributed by atoms with E-state index in [1.54, 1.807) is 18.2 Å². The van der Waals surface area contributed by atoms with Crippen LogP contribution in [-0.2, 0) is 26.3 Å². The Labute approximate surface area is 137 Å². The molecule has 1 aromatic rings. The van der Waals surface area contributed by atoms with Gasteiger partial charge in [0.25, 0.3) is 0 Å². The molecule has 1 unspecified atom stereocenters. The van der Waals surface area contributed by atoms with Gasteiger partial charge in [0.15, 0.2) is 21.3 Å². The van der Waals surface area contributed by atoms with Crippen molar-refractivity contribution in [2.45, 2.75) is 18.9 Å². The zero-order chi connectivity index (χ0) is 17.1. The quantitative estimate of drug-likeness (QED) is 0.751. The number of hydrogen-bond donors (Lipinski definition) is 1. The van der Waals surface area contributed by atoms with E-state index in [1.807, 2.05) is 0 Å². The summed E-state index contributed by atoms with van der Waals surface area (Å²) >= 11 is 0. The highest BCUT2D eigenvalue weighted by Crippen LogP contribution is 2.27. The minimum atomic E-state index is -3.54. The molecular formula is C14H21NO6S2. The topological polar surface area (TPSA) is 98.8 Å². The van der Waals surface area contributed by atoms with E-state index in [-0.39, 0.29) is 17.3 Å². The fourth-order valence-electron chi connectivity index (χ4n) is 2.49. The molecule has 1 fully saturated rings. The van der Waals surface area contributed by atoms with Gasteiger partial charge in [-0.3, -0.25) is 0 Å². The van der Waals surface area contributed by atoms with Crippen molar-refractivity contribution in [2.75, 3.05) is 31.5 Å². The van der Waals surface area contributed by atoms with E-state index < -0.39 is 25.9 Å². The Bertz CT molecular complexity index is 757. The summed E-state index contributed by atoms with van der Waals surface area (Å²) in [6.45, 7) is 0. The van der Waals surface area contributed by atoms with Crippen molar-refractivity contribution in [1.29, 1.82) is 0 Å². The maximum Gasteiger partial charge on any atom is 0.212 e. The van der Waals surface area contributed by atoms with Crippen molar-refractivity contribution >= 4 is 19.9 Å². The first-order valence-corrected chi connectivity index (χ1v) is 10.6. The fraction of sp³-hybridized carbons (Fsp3) is 0.571. The van der Waals surface area contributed by atoms with Gasteiger partial charge in [0.05, 0.1) is 31.5 Å². The first-order chi connectivity index (χ1) is 10.7. The number of sulfone groups is 1. The highest BCUT2D eigenvalue weighted by molar-refractivity contribution is 7.92. The number of benzene rings is 1. The van der Waals surface area contributed by atoms with Crippen LogP contribution in [0.4, 0.5) is 0 Å². The first kappa shape index (κ1) is 18.0. The second-order valence-corrected chi connectivity index (χ2v) is 9.58.